The Kier molecular flexibility index (Phi) is 4.40. The van der Waals surface area contributed by atoms with Crippen LogP contribution in [0.15, 0.2) is 47.1 Å². The number of fused-ring (bicyclic) bond motifs is 1. The molecule has 112 valence electrons. The maximum absolute atomic E-state index is 11.5. The first-order valence-corrected chi connectivity index (χ1v) is 8.70. The molecule has 0 spiro atoms. The highest BCUT2D eigenvalue weighted by atomic mass is 32.2. The summed E-state index contributed by atoms with van der Waals surface area (Å²) in [5.41, 5.74) is 7.69. The lowest BCUT2D eigenvalue weighted by atomic mass is 10.1. The second-order valence-corrected chi connectivity index (χ2v) is 6.84. The average molecular weight is 329 g/mol. The van der Waals surface area contributed by atoms with Crippen LogP contribution in [0.4, 0.5) is 0 Å². The van der Waals surface area contributed by atoms with Crippen LogP contribution in [0, 0.1) is 0 Å². The Bertz CT molecular complexity index is 802. The van der Waals surface area contributed by atoms with Gasteiger partial charge in [0.1, 0.15) is 16.2 Å². The van der Waals surface area contributed by atoms with E-state index in [1.165, 1.54) is 11.8 Å². The van der Waals surface area contributed by atoms with Gasteiger partial charge in [-0.15, -0.1) is 11.3 Å². The van der Waals surface area contributed by atoms with Gasteiger partial charge < -0.3 is 5.73 Å². The molecule has 2 aromatic heterocycles. The van der Waals surface area contributed by atoms with E-state index in [1.807, 2.05) is 25.1 Å². The van der Waals surface area contributed by atoms with E-state index in [9.17, 15) is 4.79 Å². The van der Waals surface area contributed by atoms with E-state index in [0.29, 0.717) is 6.42 Å². The number of benzene rings is 1. The van der Waals surface area contributed by atoms with Crippen molar-refractivity contribution in [3.05, 3.63) is 42.0 Å². The normalized spacial score (nSPS) is 12.4. The molecule has 0 aliphatic rings. The van der Waals surface area contributed by atoms with Crippen molar-refractivity contribution >= 4 is 39.2 Å². The maximum atomic E-state index is 11.5. The summed E-state index contributed by atoms with van der Waals surface area (Å²) in [7, 11) is 0. The average Bonchev–Trinajstić information content (AvgIpc) is 2.98. The van der Waals surface area contributed by atoms with Gasteiger partial charge in [-0.3, -0.25) is 4.79 Å². The van der Waals surface area contributed by atoms with Gasteiger partial charge in [-0.2, -0.15) is 0 Å². The topological polar surface area (TPSA) is 68.9 Å². The second-order valence-electron chi connectivity index (χ2n) is 4.79. The molecule has 6 heteroatoms. The summed E-state index contributed by atoms with van der Waals surface area (Å²) >= 11 is 3.01. The Balaban J connectivity index is 2.11. The molecule has 3 aromatic rings. The summed E-state index contributed by atoms with van der Waals surface area (Å²) in [6.45, 7) is 1.95. The highest BCUT2D eigenvalue weighted by Crippen LogP contribution is 2.39. The highest BCUT2D eigenvalue weighted by molar-refractivity contribution is 8.00. The third-order valence-corrected chi connectivity index (χ3v) is 5.63. The Morgan fingerprint density at radius 3 is 2.77 bits per heavy atom. The molecule has 1 atom stereocenters. The number of nitrogens with two attached hydrogens (primary N) is 1. The quantitative estimate of drug-likeness (QED) is 0.572. The second kappa shape index (κ2) is 6.46. The summed E-state index contributed by atoms with van der Waals surface area (Å²) in [5.74, 6) is -0.309. The van der Waals surface area contributed by atoms with Crippen molar-refractivity contribution in [2.75, 3.05) is 0 Å². The lowest BCUT2D eigenvalue weighted by molar-refractivity contribution is -0.117. The summed E-state index contributed by atoms with van der Waals surface area (Å²) in [4.78, 5) is 21.2. The number of carbonyl (C=O) groups excluding carboxylic acids is 1. The van der Waals surface area contributed by atoms with Crippen molar-refractivity contribution in [3.63, 3.8) is 0 Å². The van der Waals surface area contributed by atoms with Gasteiger partial charge in [-0.05, 0) is 12.0 Å². The molecule has 0 aliphatic carbocycles. The minimum Gasteiger partial charge on any atom is -0.369 e. The first kappa shape index (κ1) is 15.0. The lowest BCUT2D eigenvalue weighted by Crippen LogP contribution is -2.24. The zero-order valence-corrected chi connectivity index (χ0v) is 13.7. The van der Waals surface area contributed by atoms with Crippen molar-refractivity contribution in [2.24, 2.45) is 5.73 Å². The minimum absolute atomic E-state index is 0.276. The number of rotatable bonds is 5. The Hall–Kier alpha value is -1.92. The Morgan fingerprint density at radius 1 is 1.32 bits per heavy atom. The predicted molar refractivity (Wildman–Crippen MR) is 92.0 cm³/mol. The summed E-state index contributed by atoms with van der Waals surface area (Å²) < 4.78 is 0. The smallest absolute Gasteiger partial charge is 0.230 e. The van der Waals surface area contributed by atoms with Crippen molar-refractivity contribution < 1.29 is 4.79 Å². The molecular formula is C16H15N3OS2. The van der Waals surface area contributed by atoms with Gasteiger partial charge >= 0.3 is 0 Å². The first-order chi connectivity index (χ1) is 10.7. The molecule has 1 amide bonds. The van der Waals surface area contributed by atoms with Crippen LogP contribution in [0.1, 0.15) is 13.3 Å². The molecule has 2 heterocycles. The number of aromatic nitrogens is 2. The van der Waals surface area contributed by atoms with Crippen LogP contribution in [0.2, 0.25) is 0 Å². The number of thiophene rings is 1. The highest BCUT2D eigenvalue weighted by Gasteiger charge is 2.19. The van der Waals surface area contributed by atoms with Gasteiger partial charge in [0.2, 0.25) is 5.91 Å². The number of nitrogens with zero attached hydrogens (tertiary/aromatic N) is 2. The van der Waals surface area contributed by atoms with Gasteiger partial charge in [-0.1, -0.05) is 49.0 Å². The predicted octanol–water partition coefficient (Wildman–Crippen LogP) is 3.71. The molecule has 0 bridgehead atoms. The fourth-order valence-corrected chi connectivity index (χ4v) is 4.21. The Labute approximate surface area is 136 Å². The van der Waals surface area contributed by atoms with Gasteiger partial charge in [0, 0.05) is 10.9 Å². The van der Waals surface area contributed by atoms with Crippen LogP contribution in [0.25, 0.3) is 21.3 Å². The molecule has 0 aliphatic heterocycles. The van der Waals surface area contributed by atoms with Crippen molar-refractivity contribution in [3.8, 4) is 11.1 Å². The minimum atomic E-state index is -0.309. The molecule has 2 N–H and O–H groups in total. The molecule has 0 radical (unpaired) electrons. The molecule has 0 saturated carbocycles. The standard InChI is InChI=1S/C16H15N3OS2/c1-2-12(14(17)20)22-16-13-11(10-6-4-3-5-7-10)8-21-15(13)18-9-19-16/h3-9,12H,2H2,1H3,(H2,17,20). The zero-order valence-electron chi connectivity index (χ0n) is 12.0. The zero-order chi connectivity index (χ0) is 15.5. The van der Waals surface area contributed by atoms with Gasteiger partial charge in [-0.25, -0.2) is 9.97 Å². The molecule has 0 fully saturated rings. The van der Waals surface area contributed by atoms with Crippen LogP contribution in [-0.2, 0) is 4.79 Å². The van der Waals surface area contributed by atoms with Crippen molar-refractivity contribution in [1.29, 1.82) is 0 Å². The first-order valence-electron chi connectivity index (χ1n) is 6.94. The fourth-order valence-electron chi connectivity index (χ4n) is 2.24. The summed E-state index contributed by atoms with van der Waals surface area (Å²) in [5, 5.41) is 3.63. The lowest BCUT2D eigenvalue weighted by Gasteiger charge is -2.11. The van der Waals surface area contributed by atoms with E-state index < -0.39 is 0 Å². The third-order valence-electron chi connectivity index (χ3n) is 3.36. The molecule has 22 heavy (non-hydrogen) atoms. The number of thioether (sulfide) groups is 1. The van der Waals surface area contributed by atoms with E-state index in [0.717, 1.165) is 26.4 Å². The van der Waals surface area contributed by atoms with E-state index in [2.05, 4.69) is 27.5 Å². The van der Waals surface area contributed by atoms with Crippen molar-refractivity contribution in [2.45, 2.75) is 23.6 Å². The molecule has 3 rings (SSSR count). The van der Waals surface area contributed by atoms with Gasteiger partial charge in [0.25, 0.3) is 0 Å². The molecule has 1 aromatic carbocycles. The number of primary amides is 1. The van der Waals surface area contributed by atoms with Gasteiger partial charge in [0.15, 0.2) is 0 Å². The van der Waals surface area contributed by atoms with E-state index in [1.54, 1.807) is 17.7 Å². The molecule has 1 unspecified atom stereocenters. The van der Waals surface area contributed by atoms with E-state index >= 15 is 0 Å². The van der Waals surface area contributed by atoms with Crippen LogP contribution in [-0.4, -0.2) is 21.1 Å². The van der Waals surface area contributed by atoms with E-state index in [-0.39, 0.29) is 11.2 Å². The largest absolute Gasteiger partial charge is 0.369 e. The van der Waals surface area contributed by atoms with Crippen LogP contribution in [0.5, 0.6) is 0 Å². The monoisotopic (exact) mass is 329 g/mol. The Morgan fingerprint density at radius 2 is 2.09 bits per heavy atom. The SMILES string of the molecule is CCC(Sc1ncnc2scc(-c3ccccc3)c12)C(N)=O. The van der Waals surface area contributed by atoms with Gasteiger partial charge in [0.05, 0.1) is 10.6 Å². The molecular weight excluding hydrogens is 314 g/mol. The third kappa shape index (κ3) is 2.84. The van der Waals surface area contributed by atoms with E-state index in [4.69, 9.17) is 5.73 Å². The number of carbonyl (C=O) groups is 1. The van der Waals surface area contributed by atoms with Crippen LogP contribution < -0.4 is 5.73 Å². The number of hydrogen-bond donors (Lipinski definition) is 1. The molecule has 0 saturated heterocycles. The van der Waals surface area contributed by atoms with Crippen LogP contribution >= 0.6 is 23.1 Å². The summed E-state index contributed by atoms with van der Waals surface area (Å²) in [6.07, 6.45) is 2.22. The number of amides is 1. The molecule has 4 nitrogen and oxygen atoms in total. The van der Waals surface area contributed by atoms with Crippen molar-refractivity contribution in [1.82, 2.24) is 9.97 Å². The summed E-state index contributed by atoms with van der Waals surface area (Å²) in [6, 6.07) is 10.1. The van der Waals surface area contributed by atoms with Crippen LogP contribution in [0.3, 0.4) is 0 Å². The fraction of sp³-hybridized carbons (Fsp3) is 0.188. The number of hydrogen-bond acceptors (Lipinski definition) is 5. The maximum Gasteiger partial charge on any atom is 0.230 e.